The maximum atomic E-state index is 11.6. The van der Waals surface area contributed by atoms with Gasteiger partial charge in [0, 0.05) is 24.2 Å². The van der Waals surface area contributed by atoms with E-state index >= 15 is 0 Å². The minimum absolute atomic E-state index is 0.197. The summed E-state index contributed by atoms with van der Waals surface area (Å²) in [7, 11) is 0. The third kappa shape index (κ3) is 2.41. The number of carbonyl (C=O) groups excluding carboxylic acids is 1. The van der Waals surface area contributed by atoms with Gasteiger partial charge in [0.15, 0.2) is 0 Å². The summed E-state index contributed by atoms with van der Waals surface area (Å²) in [5, 5.41) is 0. The highest BCUT2D eigenvalue weighted by Crippen LogP contribution is 2.24. The number of hydrogen-bond donors (Lipinski definition) is 1. The first-order valence-electron chi connectivity index (χ1n) is 4.87. The number of hydrogen-bond acceptors (Lipinski definition) is 4. The highest BCUT2D eigenvalue weighted by Gasteiger charge is 2.19. The van der Waals surface area contributed by atoms with Crippen molar-refractivity contribution in [3.05, 3.63) is 18.5 Å². The standard InChI is InChI=1S/C10H13N3OS/c11-8-6-12-3-2-9(8)15-7-10(14)13-4-1-5-13/h2-3,6H,1,4-5,7,11H2. The van der Waals surface area contributed by atoms with Crippen molar-refractivity contribution in [3.63, 3.8) is 0 Å². The fraction of sp³-hybridized carbons (Fsp3) is 0.400. The number of rotatable bonds is 3. The van der Waals surface area contributed by atoms with Crippen LogP contribution in [0.2, 0.25) is 0 Å². The van der Waals surface area contributed by atoms with Crippen LogP contribution in [0, 0.1) is 0 Å². The van der Waals surface area contributed by atoms with E-state index in [9.17, 15) is 4.79 Å². The third-order valence-electron chi connectivity index (χ3n) is 2.37. The molecule has 1 aliphatic heterocycles. The van der Waals surface area contributed by atoms with Crippen molar-refractivity contribution >= 4 is 23.4 Å². The van der Waals surface area contributed by atoms with Crippen LogP contribution >= 0.6 is 11.8 Å². The van der Waals surface area contributed by atoms with Gasteiger partial charge in [-0.3, -0.25) is 9.78 Å². The Kier molecular flexibility index (Phi) is 3.11. The normalized spacial score (nSPS) is 14.8. The Hall–Kier alpha value is -1.23. The molecular formula is C10H13N3OS. The lowest BCUT2D eigenvalue weighted by Crippen LogP contribution is -2.43. The predicted octanol–water partition coefficient (Wildman–Crippen LogP) is 0.988. The van der Waals surface area contributed by atoms with E-state index in [1.54, 1.807) is 12.4 Å². The molecular weight excluding hydrogens is 210 g/mol. The number of nitrogens with zero attached hydrogens (tertiary/aromatic N) is 2. The van der Waals surface area contributed by atoms with Gasteiger partial charge in [-0.15, -0.1) is 11.8 Å². The molecule has 2 rings (SSSR count). The van der Waals surface area contributed by atoms with E-state index in [2.05, 4.69) is 4.98 Å². The van der Waals surface area contributed by atoms with Crippen LogP contribution in [-0.2, 0) is 4.79 Å². The van der Waals surface area contributed by atoms with Gasteiger partial charge < -0.3 is 10.6 Å². The van der Waals surface area contributed by atoms with E-state index < -0.39 is 0 Å². The molecule has 1 aliphatic rings. The number of amides is 1. The molecule has 0 bridgehead atoms. The Morgan fingerprint density at radius 2 is 2.40 bits per heavy atom. The second-order valence-electron chi connectivity index (χ2n) is 3.44. The molecule has 4 nitrogen and oxygen atoms in total. The summed E-state index contributed by atoms with van der Waals surface area (Å²) < 4.78 is 0. The van der Waals surface area contributed by atoms with Crippen LogP contribution < -0.4 is 5.73 Å². The van der Waals surface area contributed by atoms with E-state index in [-0.39, 0.29) is 5.91 Å². The molecule has 15 heavy (non-hydrogen) atoms. The number of aromatic nitrogens is 1. The predicted molar refractivity (Wildman–Crippen MR) is 60.6 cm³/mol. The van der Waals surface area contributed by atoms with Crippen LogP contribution in [0.15, 0.2) is 23.4 Å². The molecule has 0 saturated carbocycles. The number of anilines is 1. The van der Waals surface area contributed by atoms with E-state index in [0.29, 0.717) is 11.4 Å². The minimum Gasteiger partial charge on any atom is -0.397 e. The van der Waals surface area contributed by atoms with Crippen molar-refractivity contribution in [3.8, 4) is 0 Å². The highest BCUT2D eigenvalue weighted by atomic mass is 32.2. The van der Waals surface area contributed by atoms with E-state index in [1.807, 2.05) is 11.0 Å². The molecule has 1 aromatic heterocycles. The molecule has 2 N–H and O–H groups in total. The average molecular weight is 223 g/mol. The van der Waals surface area contributed by atoms with Crippen molar-refractivity contribution in [2.24, 2.45) is 0 Å². The summed E-state index contributed by atoms with van der Waals surface area (Å²) >= 11 is 1.48. The Morgan fingerprint density at radius 1 is 1.60 bits per heavy atom. The summed E-state index contributed by atoms with van der Waals surface area (Å²) in [5.41, 5.74) is 6.36. The maximum absolute atomic E-state index is 11.6. The van der Waals surface area contributed by atoms with Crippen molar-refractivity contribution in [1.82, 2.24) is 9.88 Å². The van der Waals surface area contributed by atoms with Gasteiger partial charge in [0.25, 0.3) is 0 Å². The van der Waals surface area contributed by atoms with Crippen LogP contribution in [0.1, 0.15) is 6.42 Å². The van der Waals surface area contributed by atoms with Crippen LogP contribution in [-0.4, -0.2) is 34.6 Å². The molecule has 0 atom stereocenters. The van der Waals surface area contributed by atoms with Gasteiger partial charge in [0.1, 0.15) is 0 Å². The summed E-state index contributed by atoms with van der Waals surface area (Å²) in [4.78, 5) is 18.3. The highest BCUT2D eigenvalue weighted by molar-refractivity contribution is 8.00. The number of nitrogen functional groups attached to an aromatic ring is 1. The van der Waals surface area contributed by atoms with E-state index in [0.717, 1.165) is 24.4 Å². The lowest BCUT2D eigenvalue weighted by molar-refractivity contribution is -0.131. The van der Waals surface area contributed by atoms with Gasteiger partial charge in [-0.25, -0.2) is 0 Å². The monoisotopic (exact) mass is 223 g/mol. The molecule has 1 amide bonds. The molecule has 0 radical (unpaired) electrons. The summed E-state index contributed by atoms with van der Waals surface area (Å²) in [5.74, 6) is 0.663. The number of thioether (sulfide) groups is 1. The quantitative estimate of drug-likeness (QED) is 0.776. The van der Waals surface area contributed by atoms with E-state index in [1.165, 1.54) is 11.8 Å². The third-order valence-corrected chi connectivity index (χ3v) is 3.44. The Morgan fingerprint density at radius 3 is 3.00 bits per heavy atom. The molecule has 80 valence electrons. The number of carbonyl (C=O) groups is 1. The lowest BCUT2D eigenvalue weighted by atomic mass is 10.2. The van der Waals surface area contributed by atoms with Crippen molar-refractivity contribution < 1.29 is 4.79 Å². The first kappa shape index (κ1) is 10.3. The SMILES string of the molecule is Nc1cnccc1SCC(=O)N1CCC1. The van der Waals surface area contributed by atoms with Crippen molar-refractivity contribution in [2.45, 2.75) is 11.3 Å². The zero-order chi connectivity index (χ0) is 10.7. The Labute approximate surface area is 92.9 Å². The molecule has 1 saturated heterocycles. The molecule has 0 aromatic carbocycles. The van der Waals surface area contributed by atoms with Gasteiger partial charge >= 0.3 is 0 Å². The van der Waals surface area contributed by atoms with Gasteiger partial charge in [-0.1, -0.05) is 0 Å². The van der Waals surface area contributed by atoms with Gasteiger partial charge in [-0.05, 0) is 12.5 Å². The van der Waals surface area contributed by atoms with Gasteiger partial charge in [0.05, 0.1) is 17.6 Å². The Balaban J connectivity index is 1.87. The van der Waals surface area contributed by atoms with Crippen LogP contribution in [0.3, 0.4) is 0 Å². The van der Waals surface area contributed by atoms with Crippen molar-refractivity contribution in [2.75, 3.05) is 24.6 Å². The van der Waals surface area contributed by atoms with Crippen LogP contribution in [0.5, 0.6) is 0 Å². The second-order valence-corrected chi connectivity index (χ2v) is 4.45. The summed E-state index contributed by atoms with van der Waals surface area (Å²) in [6, 6.07) is 1.84. The average Bonchev–Trinajstić information content (AvgIpc) is 2.14. The van der Waals surface area contributed by atoms with Crippen LogP contribution in [0.4, 0.5) is 5.69 Å². The number of nitrogens with two attached hydrogens (primary N) is 1. The first-order valence-corrected chi connectivity index (χ1v) is 5.86. The molecule has 5 heteroatoms. The molecule has 2 heterocycles. The number of likely N-dealkylation sites (tertiary alicyclic amines) is 1. The smallest absolute Gasteiger partial charge is 0.232 e. The largest absolute Gasteiger partial charge is 0.397 e. The fourth-order valence-electron chi connectivity index (χ4n) is 1.32. The first-order chi connectivity index (χ1) is 7.27. The molecule has 1 aromatic rings. The van der Waals surface area contributed by atoms with Gasteiger partial charge in [0.2, 0.25) is 5.91 Å². The van der Waals surface area contributed by atoms with Crippen molar-refractivity contribution in [1.29, 1.82) is 0 Å². The lowest BCUT2D eigenvalue weighted by Gasteiger charge is -2.30. The maximum Gasteiger partial charge on any atom is 0.232 e. The fourth-order valence-corrected chi connectivity index (χ4v) is 2.16. The zero-order valence-electron chi connectivity index (χ0n) is 8.35. The molecule has 0 spiro atoms. The summed E-state index contributed by atoms with van der Waals surface area (Å²) in [6.45, 7) is 1.82. The molecule has 1 fully saturated rings. The Bertz CT molecular complexity index is 365. The van der Waals surface area contributed by atoms with Crippen LogP contribution in [0.25, 0.3) is 0 Å². The minimum atomic E-state index is 0.197. The second kappa shape index (κ2) is 4.53. The van der Waals surface area contributed by atoms with Gasteiger partial charge in [-0.2, -0.15) is 0 Å². The number of pyridine rings is 1. The van der Waals surface area contributed by atoms with E-state index in [4.69, 9.17) is 5.73 Å². The summed E-state index contributed by atoms with van der Waals surface area (Å²) in [6.07, 6.45) is 4.43. The molecule has 0 unspecified atom stereocenters. The zero-order valence-corrected chi connectivity index (χ0v) is 9.17. The topological polar surface area (TPSA) is 59.2 Å². The molecule has 0 aliphatic carbocycles.